The minimum absolute atomic E-state index is 0.414. The molecule has 2 heterocycles. The number of H-pyrrole nitrogens is 1. The van der Waals surface area contributed by atoms with Gasteiger partial charge in [0.15, 0.2) is 0 Å². The number of aromatic amines is 1. The summed E-state index contributed by atoms with van der Waals surface area (Å²) in [6.07, 6.45) is 0. The Morgan fingerprint density at radius 3 is 2.70 bits per heavy atom. The van der Waals surface area contributed by atoms with Gasteiger partial charge in [0.05, 0.1) is 6.61 Å². The molecule has 0 fully saturated rings. The summed E-state index contributed by atoms with van der Waals surface area (Å²) < 4.78 is 5.43. The SMILES string of the molecule is CCOc1ccc(-c2cc3ccc(C#N)nc3[nH]2)cc1. The lowest BCUT2D eigenvalue weighted by Crippen LogP contribution is -1.90. The van der Waals surface area contributed by atoms with Crippen molar-refractivity contribution >= 4 is 11.0 Å². The number of nitrogens with zero attached hydrogens (tertiary/aromatic N) is 2. The van der Waals surface area contributed by atoms with E-state index in [1.807, 2.05) is 49.4 Å². The van der Waals surface area contributed by atoms with E-state index in [1.165, 1.54) is 0 Å². The van der Waals surface area contributed by atoms with Crippen LogP contribution in [0.5, 0.6) is 5.75 Å². The van der Waals surface area contributed by atoms with Crippen molar-refractivity contribution in [3.63, 3.8) is 0 Å². The van der Waals surface area contributed by atoms with E-state index in [0.717, 1.165) is 28.0 Å². The van der Waals surface area contributed by atoms with E-state index in [9.17, 15) is 0 Å². The highest BCUT2D eigenvalue weighted by molar-refractivity contribution is 5.83. The molecule has 1 aromatic carbocycles. The first kappa shape index (κ1) is 12.2. The molecule has 0 spiro atoms. The molecule has 1 N–H and O–H groups in total. The molecule has 4 heteroatoms. The van der Waals surface area contributed by atoms with Crippen LogP contribution in [0, 0.1) is 11.3 Å². The molecule has 0 atom stereocenters. The summed E-state index contributed by atoms with van der Waals surface area (Å²) in [5, 5.41) is 9.86. The van der Waals surface area contributed by atoms with E-state index in [1.54, 1.807) is 6.07 Å². The summed E-state index contributed by atoms with van der Waals surface area (Å²) in [6.45, 7) is 2.62. The first-order valence-electron chi connectivity index (χ1n) is 6.43. The summed E-state index contributed by atoms with van der Waals surface area (Å²) in [7, 11) is 0. The van der Waals surface area contributed by atoms with Crippen LogP contribution >= 0.6 is 0 Å². The van der Waals surface area contributed by atoms with Crippen molar-refractivity contribution in [2.45, 2.75) is 6.92 Å². The predicted octanol–water partition coefficient (Wildman–Crippen LogP) is 3.50. The van der Waals surface area contributed by atoms with E-state index in [0.29, 0.717) is 12.3 Å². The largest absolute Gasteiger partial charge is 0.494 e. The normalized spacial score (nSPS) is 10.4. The predicted molar refractivity (Wildman–Crippen MR) is 77.4 cm³/mol. The highest BCUT2D eigenvalue weighted by Crippen LogP contribution is 2.25. The second-order valence-corrected chi connectivity index (χ2v) is 4.39. The van der Waals surface area contributed by atoms with Gasteiger partial charge >= 0.3 is 0 Å². The van der Waals surface area contributed by atoms with Crippen LogP contribution in [0.2, 0.25) is 0 Å². The average Bonchev–Trinajstić information content (AvgIpc) is 2.91. The Morgan fingerprint density at radius 2 is 2.00 bits per heavy atom. The Kier molecular flexibility index (Phi) is 3.10. The molecule has 0 radical (unpaired) electrons. The van der Waals surface area contributed by atoms with Gasteiger partial charge in [0, 0.05) is 11.1 Å². The van der Waals surface area contributed by atoms with Gasteiger partial charge in [-0.05, 0) is 55.0 Å². The molecule has 0 unspecified atom stereocenters. The third-order valence-corrected chi connectivity index (χ3v) is 3.07. The summed E-state index contributed by atoms with van der Waals surface area (Å²) in [5.74, 6) is 0.859. The molecular formula is C16H13N3O. The van der Waals surface area contributed by atoms with Crippen molar-refractivity contribution in [1.29, 1.82) is 5.26 Å². The molecule has 0 aliphatic rings. The quantitative estimate of drug-likeness (QED) is 0.786. The Labute approximate surface area is 116 Å². The fourth-order valence-electron chi connectivity index (χ4n) is 2.12. The first-order valence-corrected chi connectivity index (χ1v) is 6.43. The Hall–Kier alpha value is -2.80. The monoisotopic (exact) mass is 263 g/mol. The second kappa shape index (κ2) is 5.06. The van der Waals surface area contributed by atoms with Crippen molar-refractivity contribution in [3.8, 4) is 23.1 Å². The molecule has 0 aliphatic carbocycles. The molecular weight excluding hydrogens is 250 g/mol. The zero-order valence-corrected chi connectivity index (χ0v) is 11.1. The Morgan fingerprint density at radius 1 is 1.20 bits per heavy atom. The van der Waals surface area contributed by atoms with Crippen molar-refractivity contribution in [1.82, 2.24) is 9.97 Å². The lowest BCUT2D eigenvalue weighted by Gasteiger charge is -2.03. The minimum atomic E-state index is 0.414. The molecule has 0 saturated carbocycles. The van der Waals surface area contributed by atoms with Gasteiger partial charge < -0.3 is 9.72 Å². The van der Waals surface area contributed by atoms with Crippen LogP contribution in [0.4, 0.5) is 0 Å². The van der Waals surface area contributed by atoms with Crippen LogP contribution in [0.25, 0.3) is 22.3 Å². The molecule has 0 bridgehead atoms. The second-order valence-electron chi connectivity index (χ2n) is 4.39. The summed E-state index contributed by atoms with van der Waals surface area (Å²) in [6, 6.07) is 15.6. The van der Waals surface area contributed by atoms with E-state index >= 15 is 0 Å². The molecule has 0 amide bonds. The van der Waals surface area contributed by atoms with E-state index in [4.69, 9.17) is 10.00 Å². The number of ether oxygens (including phenoxy) is 1. The van der Waals surface area contributed by atoms with Crippen molar-refractivity contribution in [2.24, 2.45) is 0 Å². The highest BCUT2D eigenvalue weighted by Gasteiger charge is 2.05. The van der Waals surface area contributed by atoms with Gasteiger partial charge in [-0.3, -0.25) is 0 Å². The number of rotatable bonds is 3. The third kappa shape index (κ3) is 2.21. The Balaban J connectivity index is 1.99. The first-order chi connectivity index (χ1) is 9.80. The van der Waals surface area contributed by atoms with Gasteiger partial charge in [-0.25, -0.2) is 4.98 Å². The molecule has 3 aromatic rings. The maximum absolute atomic E-state index is 8.86. The molecule has 0 aliphatic heterocycles. The number of aromatic nitrogens is 2. The Bertz CT molecular complexity index is 782. The van der Waals surface area contributed by atoms with Crippen LogP contribution in [-0.4, -0.2) is 16.6 Å². The molecule has 20 heavy (non-hydrogen) atoms. The van der Waals surface area contributed by atoms with E-state index < -0.39 is 0 Å². The maximum Gasteiger partial charge on any atom is 0.142 e. The van der Waals surface area contributed by atoms with Crippen LogP contribution in [0.3, 0.4) is 0 Å². The van der Waals surface area contributed by atoms with E-state index in [2.05, 4.69) is 9.97 Å². The number of fused-ring (bicyclic) bond motifs is 1. The smallest absolute Gasteiger partial charge is 0.142 e. The van der Waals surface area contributed by atoms with Crippen molar-refractivity contribution in [2.75, 3.05) is 6.61 Å². The molecule has 0 saturated heterocycles. The van der Waals surface area contributed by atoms with Gasteiger partial charge in [0.1, 0.15) is 23.2 Å². The number of hydrogen-bond donors (Lipinski definition) is 1. The summed E-state index contributed by atoms with van der Waals surface area (Å²) in [4.78, 5) is 7.48. The van der Waals surface area contributed by atoms with Gasteiger partial charge in [-0.15, -0.1) is 0 Å². The van der Waals surface area contributed by atoms with Crippen molar-refractivity contribution in [3.05, 3.63) is 48.2 Å². The third-order valence-electron chi connectivity index (χ3n) is 3.07. The standard InChI is InChI=1S/C16H13N3O/c1-2-20-14-7-4-11(5-8-14)15-9-12-3-6-13(10-17)18-16(12)19-15/h3-9H,2H2,1H3,(H,18,19). The zero-order chi connectivity index (χ0) is 13.9. The number of nitriles is 1. The molecule has 3 rings (SSSR count). The fourth-order valence-corrected chi connectivity index (χ4v) is 2.12. The number of benzene rings is 1. The zero-order valence-electron chi connectivity index (χ0n) is 11.1. The van der Waals surface area contributed by atoms with E-state index in [-0.39, 0.29) is 0 Å². The lowest BCUT2D eigenvalue weighted by molar-refractivity contribution is 0.340. The van der Waals surface area contributed by atoms with Crippen LogP contribution in [0.1, 0.15) is 12.6 Å². The number of nitrogens with one attached hydrogen (secondary N) is 1. The minimum Gasteiger partial charge on any atom is -0.494 e. The molecule has 4 nitrogen and oxygen atoms in total. The van der Waals surface area contributed by atoms with Crippen LogP contribution in [0.15, 0.2) is 42.5 Å². The average molecular weight is 263 g/mol. The number of hydrogen-bond acceptors (Lipinski definition) is 3. The molecule has 2 aromatic heterocycles. The maximum atomic E-state index is 8.86. The van der Waals surface area contributed by atoms with Crippen LogP contribution in [-0.2, 0) is 0 Å². The number of pyridine rings is 1. The lowest BCUT2D eigenvalue weighted by atomic mass is 10.1. The van der Waals surface area contributed by atoms with Gasteiger partial charge in [0.25, 0.3) is 0 Å². The summed E-state index contributed by atoms with van der Waals surface area (Å²) >= 11 is 0. The fraction of sp³-hybridized carbons (Fsp3) is 0.125. The van der Waals surface area contributed by atoms with Crippen LogP contribution < -0.4 is 4.74 Å². The van der Waals surface area contributed by atoms with Gasteiger partial charge in [0.2, 0.25) is 0 Å². The van der Waals surface area contributed by atoms with Gasteiger partial charge in [-0.2, -0.15) is 5.26 Å². The highest BCUT2D eigenvalue weighted by atomic mass is 16.5. The summed E-state index contributed by atoms with van der Waals surface area (Å²) in [5.41, 5.74) is 3.18. The van der Waals surface area contributed by atoms with Crippen molar-refractivity contribution < 1.29 is 4.74 Å². The topological polar surface area (TPSA) is 61.7 Å². The molecule has 98 valence electrons. The van der Waals surface area contributed by atoms with Gasteiger partial charge in [-0.1, -0.05) is 0 Å².